The lowest BCUT2D eigenvalue weighted by Gasteiger charge is -2.18. The van der Waals surface area contributed by atoms with Crippen molar-refractivity contribution < 1.29 is 20.1 Å². The van der Waals surface area contributed by atoms with Gasteiger partial charge < -0.3 is 25.8 Å². The highest BCUT2D eigenvalue weighted by atomic mass is 32.1. The monoisotopic (exact) mass is 275 g/mol. The first kappa shape index (κ1) is 13.2. The van der Waals surface area contributed by atoms with Gasteiger partial charge in [0, 0.05) is 6.20 Å². The SMILES string of the molecule is Nc1cn(C2OC(CO)C(O)C2O)c(=S)[nH]c1=O. The number of nitrogens with two attached hydrogens (primary N) is 1. The molecule has 1 aliphatic heterocycles. The summed E-state index contributed by atoms with van der Waals surface area (Å²) in [7, 11) is 0. The van der Waals surface area contributed by atoms with Crippen molar-refractivity contribution in [2.75, 3.05) is 12.3 Å². The standard InChI is InChI=1S/C9H13N3O5S/c10-3-1-12(9(18)11-7(3)16)8-6(15)5(14)4(2-13)17-8/h1,4-6,8,13-15H,2,10H2,(H,11,16,18). The molecule has 9 heteroatoms. The topological polar surface area (TPSA) is 134 Å². The molecule has 18 heavy (non-hydrogen) atoms. The number of aromatic amines is 1. The molecule has 2 rings (SSSR count). The molecule has 0 aliphatic carbocycles. The summed E-state index contributed by atoms with van der Waals surface area (Å²) < 4.78 is 6.50. The Hall–Kier alpha value is -1.26. The molecule has 1 aliphatic rings. The van der Waals surface area contributed by atoms with E-state index in [1.807, 2.05) is 0 Å². The number of nitrogens with one attached hydrogen (secondary N) is 1. The second-order valence-corrected chi connectivity index (χ2v) is 4.37. The van der Waals surface area contributed by atoms with Crippen LogP contribution in [-0.4, -0.2) is 49.8 Å². The van der Waals surface area contributed by atoms with Crippen LogP contribution in [0.4, 0.5) is 5.69 Å². The number of aliphatic hydroxyl groups excluding tert-OH is 3. The molecule has 1 aromatic rings. The molecule has 8 nitrogen and oxygen atoms in total. The van der Waals surface area contributed by atoms with Crippen LogP contribution >= 0.6 is 12.2 Å². The van der Waals surface area contributed by atoms with Gasteiger partial charge in [0.1, 0.15) is 24.0 Å². The predicted molar refractivity (Wildman–Crippen MR) is 63.3 cm³/mol. The lowest BCUT2D eigenvalue weighted by Crippen LogP contribution is -2.33. The van der Waals surface area contributed by atoms with E-state index in [4.69, 9.17) is 27.8 Å². The van der Waals surface area contributed by atoms with Crippen LogP contribution < -0.4 is 11.3 Å². The highest BCUT2D eigenvalue weighted by Crippen LogP contribution is 2.29. The van der Waals surface area contributed by atoms with Crippen molar-refractivity contribution in [1.82, 2.24) is 9.55 Å². The summed E-state index contributed by atoms with van der Waals surface area (Å²) >= 11 is 4.92. The number of hydrogen-bond acceptors (Lipinski definition) is 7. The number of aromatic nitrogens is 2. The molecule has 0 amide bonds. The maximum atomic E-state index is 11.2. The minimum atomic E-state index is -1.28. The number of ether oxygens (including phenoxy) is 1. The molecule has 0 aromatic carbocycles. The number of H-pyrrole nitrogens is 1. The molecule has 2 heterocycles. The van der Waals surface area contributed by atoms with Crippen LogP contribution in [0.15, 0.2) is 11.0 Å². The molecule has 4 unspecified atom stereocenters. The Bertz CT molecular complexity index is 556. The van der Waals surface area contributed by atoms with E-state index in [2.05, 4.69) is 4.98 Å². The number of rotatable bonds is 2. The Morgan fingerprint density at radius 2 is 2.17 bits per heavy atom. The van der Waals surface area contributed by atoms with Crippen molar-refractivity contribution >= 4 is 17.9 Å². The third kappa shape index (κ3) is 2.06. The van der Waals surface area contributed by atoms with Crippen LogP contribution in [0.3, 0.4) is 0 Å². The van der Waals surface area contributed by atoms with Gasteiger partial charge in [0.15, 0.2) is 11.0 Å². The van der Waals surface area contributed by atoms with Crippen LogP contribution in [0.2, 0.25) is 0 Å². The third-order valence-corrected chi connectivity index (χ3v) is 3.10. The smallest absolute Gasteiger partial charge is 0.274 e. The molecular weight excluding hydrogens is 262 g/mol. The molecule has 6 N–H and O–H groups in total. The molecule has 1 fully saturated rings. The quantitative estimate of drug-likeness (QED) is 0.398. The minimum Gasteiger partial charge on any atom is -0.394 e. The lowest BCUT2D eigenvalue weighted by molar-refractivity contribution is -0.0540. The Kier molecular flexibility index (Phi) is 3.50. The number of aliphatic hydroxyl groups is 3. The average Bonchev–Trinajstić information content (AvgIpc) is 2.61. The van der Waals surface area contributed by atoms with Crippen LogP contribution in [0.1, 0.15) is 6.23 Å². The van der Waals surface area contributed by atoms with E-state index in [0.29, 0.717) is 0 Å². The van der Waals surface area contributed by atoms with Gasteiger partial charge in [0.05, 0.1) is 6.61 Å². The zero-order valence-electron chi connectivity index (χ0n) is 9.18. The van der Waals surface area contributed by atoms with Crippen molar-refractivity contribution in [2.24, 2.45) is 0 Å². The fourth-order valence-corrected chi connectivity index (χ4v) is 2.05. The molecule has 100 valence electrons. The van der Waals surface area contributed by atoms with E-state index in [-0.39, 0.29) is 10.5 Å². The van der Waals surface area contributed by atoms with Gasteiger partial charge in [-0.1, -0.05) is 0 Å². The molecular formula is C9H13N3O5S. The van der Waals surface area contributed by atoms with Gasteiger partial charge in [-0.3, -0.25) is 14.3 Å². The minimum absolute atomic E-state index is 0.00374. The largest absolute Gasteiger partial charge is 0.394 e. The maximum Gasteiger partial charge on any atom is 0.274 e. The lowest BCUT2D eigenvalue weighted by atomic mass is 10.1. The highest BCUT2D eigenvalue weighted by molar-refractivity contribution is 7.71. The number of anilines is 1. The van der Waals surface area contributed by atoms with Gasteiger partial charge in [-0.2, -0.15) is 0 Å². The zero-order valence-corrected chi connectivity index (χ0v) is 10.0. The summed E-state index contributed by atoms with van der Waals surface area (Å²) in [6, 6.07) is 0. The summed E-state index contributed by atoms with van der Waals surface area (Å²) in [6.45, 7) is -0.444. The second-order valence-electron chi connectivity index (χ2n) is 3.98. The Morgan fingerprint density at radius 1 is 1.50 bits per heavy atom. The second kappa shape index (κ2) is 4.78. The average molecular weight is 275 g/mol. The first-order valence-corrected chi connectivity index (χ1v) is 5.60. The first-order chi connectivity index (χ1) is 8.45. The first-order valence-electron chi connectivity index (χ1n) is 5.19. The summed E-state index contributed by atoms with van der Waals surface area (Å²) in [6.07, 6.45) is -3.22. The Labute approximate surface area is 106 Å². The van der Waals surface area contributed by atoms with Crippen LogP contribution in [0.25, 0.3) is 0 Å². The molecule has 4 atom stereocenters. The van der Waals surface area contributed by atoms with Crippen LogP contribution in [-0.2, 0) is 4.74 Å². The van der Waals surface area contributed by atoms with Crippen molar-refractivity contribution in [3.8, 4) is 0 Å². The Morgan fingerprint density at radius 3 is 2.72 bits per heavy atom. The predicted octanol–water partition coefficient (Wildman–Crippen LogP) is -1.90. The Balaban J connectivity index is 2.42. The van der Waals surface area contributed by atoms with Gasteiger partial charge in [-0.25, -0.2) is 0 Å². The number of nitrogen functional groups attached to an aromatic ring is 1. The zero-order chi connectivity index (χ0) is 13.4. The molecule has 1 saturated heterocycles. The normalized spacial score (nSPS) is 31.7. The summed E-state index contributed by atoms with van der Waals surface area (Å²) in [5.74, 6) is 0. The summed E-state index contributed by atoms with van der Waals surface area (Å²) in [4.78, 5) is 13.5. The van der Waals surface area contributed by atoms with E-state index in [9.17, 15) is 15.0 Å². The fourth-order valence-electron chi connectivity index (χ4n) is 1.80. The number of hydrogen-bond donors (Lipinski definition) is 5. The van der Waals surface area contributed by atoms with E-state index in [0.717, 1.165) is 0 Å². The van der Waals surface area contributed by atoms with Crippen molar-refractivity contribution in [2.45, 2.75) is 24.5 Å². The molecule has 0 radical (unpaired) electrons. The fraction of sp³-hybridized carbons (Fsp3) is 0.556. The van der Waals surface area contributed by atoms with Crippen molar-refractivity contribution in [3.63, 3.8) is 0 Å². The van der Waals surface area contributed by atoms with Crippen molar-refractivity contribution in [3.05, 3.63) is 21.3 Å². The van der Waals surface area contributed by atoms with Crippen LogP contribution in [0.5, 0.6) is 0 Å². The molecule has 0 bridgehead atoms. The molecule has 0 saturated carbocycles. The summed E-state index contributed by atoms with van der Waals surface area (Å²) in [5.41, 5.74) is 4.81. The number of nitrogens with zero attached hydrogens (tertiary/aromatic N) is 1. The van der Waals surface area contributed by atoms with E-state index < -0.39 is 36.7 Å². The van der Waals surface area contributed by atoms with E-state index in [1.165, 1.54) is 10.8 Å². The van der Waals surface area contributed by atoms with Crippen molar-refractivity contribution in [1.29, 1.82) is 0 Å². The third-order valence-electron chi connectivity index (χ3n) is 2.79. The highest BCUT2D eigenvalue weighted by Gasteiger charge is 2.43. The summed E-state index contributed by atoms with van der Waals surface area (Å²) in [5, 5.41) is 28.4. The van der Waals surface area contributed by atoms with Gasteiger partial charge in [-0.05, 0) is 12.2 Å². The maximum absolute atomic E-state index is 11.2. The van der Waals surface area contributed by atoms with Gasteiger partial charge >= 0.3 is 0 Å². The van der Waals surface area contributed by atoms with E-state index >= 15 is 0 Å². The molecule has 1 aromatic heterocycles. The van der Waals surface area contributed by atoms with Gasteiger partial charge in [-0.15, -0.1) is 0 Å². The van der Waals surface area contributed by atoms with E-state index in [1.54, 1.807) is 0 Å². The van der Waals surface area contributed by atoms with Gasteiger partial charge in [0.2, 0.25) is 0 Å². The van der Waals surface area contributed by atoms with Crippen LogP contribution in [0, 0.1) is 4.77 Å². The van der Waals surface area contributed by atoms with Gasteiger partial charge in [0.25, 0.3) is 5.56 Å². The molecule has 0 spiro atoms.